The molecule has 6 heteroatoms. The summed E-state index contributed by atoms with van der Waals surface area (Å²) in [6.45, 7) is 3.00. The molecule has 0 bridgehead atoms. The third kappa shape index (κ3) is 4.28. The standard InChI is InChI=1S/C21H20N4S2/c1-2-25-19(13-16-9-5-3-6-10-16)23-24-21(25)27-15-18-14-26-20(22-18)17-11-7-4-8-12-17/h3-12,14H,2,13,15H2,1H3. The summed E-state index contributed by atoms with van der Waals surface area (Å²) in [6, 6.07) is 20.7. The Bertz CT molecular complexity index is 993. The largest absolute Gasteiger partial charge is 0.306 e. The fraction of sp³-hybridized carbons (Fsp3) is 0.190. The molecule has 0 aliphatic rings. The Balaban J connectivity index is 1.45. The molecule has 0 saturated carbocycles. The number of thiazole rings is 1. The monoisotopic (exact) mass is 392 g/mol. The Morgan fingerprint density at radius 3 is 2.44 bits per heavy atom. The van der Waals surface area contributed by atoms with Crippen LogP contribution in [-0.4, -0.2) is 19.7 Å². The Morgan fingerprint density at radius 1 is 0.963 bits per heavy atom. The topological polar surface area (TPSA) is 43.6 Å². The summed E-state index contributed by atoms with van der Waals surface area (Å²) in [5.74, 6) is 1.81. The molecule has 2 heterocycles. The number of hydrogen-bond donors (Lipinski definition) is 0. The zero-order valence-corrected chi connectivity index (χ0v) is 16.7. The highest BCUT2D eigenvalue weighted by atomic mass is 32.2. The molecule has 0 N–H and O–H groups in total. The Hall–Kier alpha value is -2.44. The van der Waals surface area contributed by atoms with Crippen molar-refractivity contribution < 1.29 is 0 Å². The van der Waals surface area contributed by atoms with Crippen LogP contribution in [0.4, 0.5) is 0 Å². The van der Waals surface area contributed by atoms with Crippen molar-refractivity contribution in [3.8, 4) is 10.6 Å². The van der Waals surface area contributed by atoms with Crippen molar-refractivity contribution in [3.63, 3.8) is 0 Å². The van der Waals surface area contributed by atoms with E-state index in [1.807, 2.05) is 24.3 Å². The fourth-order valence-electron chi connectivity index (χ4n) is 2.88. The molecule has 0 aliphatic heterocycles. The SMILES string of the molecule is CCn1c(Cc2ccccc2)nnc1SCc1csc(-c2ccccc2)n1. The number of nitrogens with zero attached hydrogens (tertiary/aromatic N) is 4. The second-order valence-electron chi connectivity index (χ2n) is 6.10. The maximum atomic E-state index is 4.77. The molecule has 0 fully saturated rings. The third-order valence-corrected chi connectivity index (χ3v) is 6.18. The Labute approximate surface area is 167 Å². The molecule has 0 atom stereocenters. The Morgan fingerprint density at radius 2 is 1.70 bits per heavy atom. The van der Waals surface area contributed by atoms with Gasteiger partial charge in [0.15, 0.2) is 5.16 Å². The van der Waals surface area contributed by atoms with Gasteiger partial charge in [0.2, 0.25) is 0 Å². The van der Waals surface area contributed by atoms with Crippen LogP contribution in [0.5, 0.6) is 0 Å². The van der Waals surface area contributed by atoms with Crippen LogP contribution in [0.3, 0.4) is 0 Å². The first-order valence-electron chi connectivity index (χ1n) is 8.92. The van der Waals surface area contributed by atoms with Crippen LogP contribution in [0.1, 0.15) is 24.0 Å². The number of hydrogen-bond acceptors (Lipinski definition) is 5. The summed E-state index contributed by atoms with van der Waals surface area (Å²) in [4.78, 5) is 4.77. The summed E-state index contributed by atoms with van der Waals surface area (Å²) in [7, 11) is 0. The van der Waals surface area contributed by atoms with E-state index in [0.717, 1.165) is 40.4 Å². The van der Waals surface area contributed by atoms with Gasteiger partial charge in [0, 0.05) is 29.7 Å². The van der Waals surface area contributed by atoms with Gasteiger partial charge in [-0.15, -0.1) is 21.5 Å². The van der Waals surface area contributed by atoms with Gasteiger partial charge in [0.25, 0.3) is 0 Å². The van der Waals surface area contributed by atoms with E-state index in [0.29, 0.717) is 0 Å². The van der Waals surface area contributed by atoms with Crippen molar-refractivity contribution in [2.45, 2.75) is 30.8 Å². The molecule has 4 rings (SSSR count). The van der Waals surface area contributed by atoms with Crippen molar-refractivity contribution >= 4 is 23.1 Å². The van der Waals surface area contributed by atoms with Crippen LogP contribution in [0.2, 0.25) is 0 Å². The zero-order valence-electron chi connectivity index (χ0n) is 15.1. The molecule has 0 spiro atoms. The van der Waals surface area contributed by atoms with Gasteiger partial charge in [-0.25, -0.2) is 4.98 Å². The number of rotatable bonds is 7. The average molecular weight is 393 g/mol. The van der Waals surface area contributed by atoms with Crippen LogP contribution < -0.4 is 0 Å². The summed E-state index contributed by atoms with van der Waals surface area (Å²) in [5, 5.41) is 13.0. The van der Waals surface area contributed by atoms with Gasteiger partial charge in [0.1, 0.15) is 10.8 Å². The van der Waals surface area contributed by atoms with Crippen LogP contribution >= 0.6 is 23.1 Å². The molecule has 136 valence electrons. The highest BCUT2D eigenvalue weighted by Crippen LogP contribution is 2.27. The van der Waals surface area contributed by atoms with E-state index in [4.69, 9.17) is 4.98 Å². The van der Waals surface area contributed by atoms with E-state index in [1.54, 1.807) is 23.1 Å². The average Bonchev–Trinajstić information content (AvgIpc) is 3.34. The van der Waals surface area contributed by atoms with Crippen LogP contribution in [-0.2, 0) is 18.7 Å². The minimum atomic E-state index is 0.798. The van der Waals surface area contributed by atoms with Crippen molar-refractivity contribution in [1.82, 2.24) is 19.7 Å². The predicted octanol–water partition coefficient (Wildman–Crippen LogP) is 5.30. The van der Waals surface area contributed by atoms with Gasteiger partial charge in [-0.1, -0.05) is 72.4 Å². The number of aromatic nitrogens is 4. The fourth-order valence-corrected chi connectivity index (χ4v) is 4.72. The van der Waals surface area contributed by atoms with E-state index in [-0.39, 0.29) is 0 Å². The normalized spacial score (nSPS) is 11.0. The second kappa shape index (κ2) is 8.50. The first-order chi connectivity index (χ1) is 13.3. The lowest BCUT2D eigenvalue weighted by Gasteiger charge is -2.07. The van der Waals surface area contributed by atoms with Crippen molar-refractivity contribution in [3.05, 3.63) is 83.1 Å². The number of benzene rings is 2. The molecule has 27 heavy (non-hydrogen) atoms. The lowest BCUT2D eigenvalue weighted by molar-refractivity contribution is 0.651. The molecule has 0 aliphatic carbocycles. The quantitative estimate of drug-likeness (QED) is 0.400. The predicted molar refractivity (Wildman–Crippen MR) is 112 cm³/mol. The van der Waals surface area contributed by atoms with Crippen molar-refractivity contribution in [2.24, 2.45) is 0 Å². The van der Waals surface area contributed by atoms with E-state index in [2.05, 4.69) is 63.5 Å². The van der Waals surface area contributed by atoms with Gasteiger partial charge in [-0.3, -0.25) is 0 Å². The lowest BCUT2D eigenvalue weighted by atomic mass is 10.1. The van der Waals surface area contributed by atoms with E-state index >= 15 is 0 Å². The van der Waals surface area contributed by atoms with E-state index in [1.165, 1.54) is 11.1 Å². The van der Waals surface area contributed by atoms with Gasteiger partial charge in [0.05, 0.1) is 5.69 Å². The third-order valence-electron chi connectivity index (χ3n) is 4.24. The first kappa shape index (κ1) is 17.9. The van der Waals surface area contributed by atoms with Crippen molar-refractivity contribution in [1.29, 1.82) is 0 Å². The van der Waals surface area contributed by atoms with Gasteiger partial charge >= 0.3 is 0 Å². The maximum absolute atomic E-state index is 4.77. The highest BCUT2D eigenvalue weighted by Gasteiger charge is 2.13. The molecule has 0 unspecified atom stereocenters. The van der Waals surface area contributed by atoms with Crippen LogP contribution in [0.15, 0.2) is 71.2 Å². The molecule has 2 aromatic carbocycles. The second-order valence-corrected chi connectivity index (χ2v) is 7.90. The van der Waals surface area contributed by atoms with E-state index in [9.17, 15) is 0 Å². The van der Waals surface area contributed by atoms with Crippen LogP contribution in [0, 0.1) is 0 Å². The number of thioether (sulfide) groups is 1. The Kier molecular flexibility index (Phi) is 5.65. The molecule has 0 radical (unpaired) electrons. The van der Waals surface area contributed by atoms with Gasteiger partial charge in [-0.2, -0.15) is 0 Å². The van der Waals surface area contributed by atoms with Crippen molar-refractivity contribution in [2.75, 3.05) is 0 Å². The molecule has 4 aromatic rings. The first-order valence-corrected chi connectivity index (χ1v) is 10.8. The summed E-state index contributed by atoms with van der Waals surface area (Å²) in [6.07, 6.45) is 0.803. The molecule has 4 nitrogen and oxygen atoms in total. The lowest BCUT2D eigenvalue weighted by Crippen LogP contribution is -2.04. The smallest absolute Gasteiger partial charge is 0.191 e. The van der Waals surface area contributed by atoms with Gasteiger partial charge in [-0.05, 0) is 12.5 Å². The highest BCUT2D eigenvalue weighted by molar-refractivity contribution is 7.98. The molecule has 2 aromatic heterocycles. The maximum Gasteiger partial charge on any atom is 0.191 e. The summed E-state index contributed by atoms with van der Waals surface area (Å²) < 4.78 is 2.20. The zero-order chi connectivity index (χ0) is 18.5. The minimum Gasteiger partial charge on any atom is -0.306 e. The molecule has 0 amide bonds. The summed E-state index contributed by atoms with van der Waals surface area (Å²) >= 11 is 3.39. The molecule has 0 saturated heterocycles. The summed E-state index contributed by atoms with van der Waals surface area (Å²) in [5.41, 5.74) is 3.50. The van der Waals surface area contributed by atoms with E-state index < -0.39 is 0 Å². The van der Waals surface area contributed by atoms with Gasteiger partial charge < -0.3 is 4.57 Å². The molecular formula is C21H20N4S2. The minimum absolute atomic E-state index is 0.798. The molecular weight excluding hydrogens is 372 g/mol. The van der Waals surface area contributed by atoms with Crippen LogP contribution in [0.25, 0.3) is 10.6 Å².